The molecule has 0 atom stereocenters. The quantitative estimate of drug-likeness (QED) is 0.337. The Bertz CT molecular complexity index is 757. The van der Waals surface area contributed by atoms with Gasteiger partial charge in [0.05, 0.1) is 38.2 Å². The van der Waals surface area contributed by atoms with Crippen molar-refractivity contribution in [2.45, 2.75) is 57.5 Å². The molecule has 4 nitrogen and oxygen atoms in total. The number of benzene rings is 1. The highest BCUT2D eigenvalue weighted by Crippen LogP contribution is 2.40. The van der Waals surface area contributed by atoms with E-state index in [1.807, 2.05) is 6.08 Å². The number of hydrogen-bond acceptors (Lipinski definition) is 4. The molecule has 180 valence electrons. The maximum absolute atomic E-state index is 14.6. The normalized spacial score (nSPS) is 27.1. The highest BCUT2D eigenvalue weighted by molar-refractivity contribution is 5.32. The molecule has 3 rings (SSSR count). The molecule has 0 spiro atoms. The molecular weight excluding hydrogens is 435 g/mol. The Hall–Kier alpha value is -1.71. The fourth-order valence-electron chi connectivity index (χ4n) is 4.04. The predicted octanol–water partition coefficient (Wildman–Crippen LogP) is 5.89. The Labute approximate surface area is 184 Å². The second kappa shape index (κ2) is 11.4. The Morgan fingerprint density at radius 3 is 2.38 bits per heavy atom. The SMILES string of the molecule is CCOc1ccc(C(F)(F)OC2CCC(C3OCC(/C=C/CCF)CO3)CC2)c(F)c1F. The lowest BCUT2D eigenvalue weighted by Crippen LogP contribution is -2.39. The molecule has 9 heteroatoms. The first-order valence-electron chi connectivity index (χ1n) is 11.0. The van der Waals surface area contributed by atoms with Gasteiger partial charge in [0.25, 0.3) is 0 Å². The molecule has 1 aromatic rings. The summed E-state index contributed by atoms with van der Waals surface area (Å²) in [5.74, 6) is -3.44. The lowest BCUT2D eigenvalue weighted by Gasteiger charge is -2.37. The van der Waals surface area contributed by atoms with E-state index in [1.54, 1.807) is 13.0 Å². The van der Waals surface area contributed by atoms with Crippen LogP contribution < -0.4 is 4.74 Å². The molecule has 2 fully saturated rings. The summed E-state index contributed by atoms with van der Waals surface area (Å²) in [6, 6.07) is 1.76. The number of rotatable bonds is 9. The van der Waals surface area contributed by atoms with Gasteiger partial charge in [0.1, 0.15) is 0 Å². The van der Waals surface area contributed by atoms with Crippen LogP contribution in [0.2, 0.25) is 0 Å². The van der Waals surface area contributed by atoms with Crippen molar-refractivity contribution in [2.75, 3.05) is 26.5 Å². The third-order valence-corrected chi connectivity index (χ3v) is 5.71. The fraction of sp³-hybridized carbons (Fsp3) is 0.652. The molecular formula is C23H29F5O4. The molecule has 1 aliphatic carbocycles. The molecule has 1 heterocycles. The van der Waals surface area contributed by atoms with Crippen LogP contribution in [-0.4, -0.2) is 38.9 Å². The molecule has 2 aliphatic rings. The highest BCUT2D eigenvalue weighted by Gasteiger charge is 2.42. The zero-order chi connectivity index (χ0) is 23.1. The standard InChI is InChI=1S/C23H29F5O4/c1-2-29-19-11-10-18(20(25)21(19)26)23(27,28)32-17-8-6-16(7-9-17)22-30-13-15(14-31-22)5-3-4-12-24/h3,5,10-11,15-17,22H,2,4,6-9,12-14H2,1H3/b5-3+. The van der Waals surface area contributed by atoms with Crippen LogP contribution in [0.1, 0.15) is 44.6 Å². The van der Waals surface area contributed by atoms with Gasteiger partial charge in [-0.2, -0.15) is 13.2 Å². The van der Waals surface area contributed by atoms with Crippen LogP contribution in [-0.2, 0) is 20.3 Å². The molecule has 0 N–H and O–H groups in total. The number of alkyl halides is 3. The fourth-order valence-corrected chi connectivity index (χ4v) is 4.04. The molecule has 0 aromatic heterocycles. The Morgan fingerprint density at radius 2 is 1.75 bits per heavy atom. The van der Waals surface area contributed by atoms with E-state index in [4.69, 9.17) is 18.9 Å². The maximum Gasteiger partial charge on any atom is 0.386 e. The number of halogens is 5. The average molecular weight is 464 g/mol. The monoisotopic (exact) mass is 464 g/mol. The van der Waals surface area contributed by atoms with E-state index < -0.39 is 48.1 Å². The topological polar surface area (TPSA) is 36.9 Å². The van der Waals surface area contributed by atoms with Crippen LogP contribution in [0.3, 0.4) is 0 Å². The van der Waals surface area contributed by atoms with E-state index >= 15 is 0 Å². The zero-order valence-corrected chi connectivity index (χ0v) is 18.0. The summed E-state index contributed by atoms with van der Waals surface area (Å²) in [7, 11) is 0. The van der Waals surface area contributed by atoms with Crippen molar-refractivity contribution in [3.63, 3.8) is 0 Å². The van der Waals surface area contributed by atoms with Gasteiger partial charge in [0, 0.05) is 11.8 Å². The summed E-state index contributed by atoms with van der Waals surface area (Å²) in [4.78, 5) is 0. The van der Waals surface area contributed by atoms with Gasteiger partial charge in [0.15, 0.2) is 17.9 Å². The minimum absolute atomic E-state index is 0.0406. The number of ether oxygens (including phenoxy) is 4. The second-order valence-electron chi connectivity index (χ2n) is 8.04. The minimum Gasteiger partial charge on any atom is -0.491 e. The van der Waals surface area contributed by atoms with Crippen LogP contribution in [0.15, 0.2) is 24.3 Å². The lowest BCUT2D eigenvalue weighted by molar-refractivity contribution is -0.284. The van der Waals surface area contributed by atoms with Gasteiger partial charge in [0.2, 0.25) is 5.82 Å². The second-order valence-corrected chi connectivity index (χ2v) is 8.04. The minimum atomic E-state index is -3.97. The van der Waals surface area contributed by atoms with Crippen LogP contribution in [0.5, 0.6) is 5.75 Å². The molecule has 0 bridgehead atoms. The maximum atomic E-state index is 14.6. The van der Waals surface area contributed by atoms with Gasteiger partial charge in [-0.3, -0.25) is 4.39 Å². The average Bonchev–Trinajstić information content (AvgIpc) is 2.78. The first kappa shape index (κ1) is 24.9. The summed E-state index contributed by atoms with van der Waals surface area (Å²) in [5.41, 5.74) is -1.15. The van der Waals surface area contributed by atoms with Crippen molar-refractivity contribution < 1.29 is 40.9 Å². The first-order valence-corrected chi connectivity index (χ1v) is 11.0. The summed E-state index contributed by atoms with van der Waals surface area (Å²) in [6.45, 7) is 2.18. The summed E-state index contributed by atoms with van der Waals surface area (Å²) >= 11 is 0. The molecule has 32 heavy (non-hydrogen) atoms. The van der Waals surface area contributed by atoms with E-state index in [-0.39, 0.29) is 18.4 Å². The van der Waals surface area contributed by atoms with Crippen LogP contribution in [0.25, 0.3) is 0 Å². The summed E-state index contributed by atoms with van der Waals surface area (Å²) in [5, 5.41) is 0. The van der Waals surface area contributed by atoms with Crippen LogP contribution >= 0.6 is 0 Å². The third kappa shape index (κ3) is 6.20. The van der Waals surface area contributed by atoms with Gasteiger partial charge < -0.3 is 18.9 Å². The van der Waals surface area contributed by atoms with E-state index in [0.717, 1.165) is 12.1 Å². The van der Waals surface area contributed by atoms with Crippen LogP contribution in [0, 0.1) is 23.5 Å². The zero-order valence-electron chi connectivity index (χ0n) is 18.0. The van der Waals surface area contributed by atoms with E-state index in [9.17, 15) is 22.0 Å². The van der Waals surface area contributed by atoms with E-state index in [2.05, 4.69) is 0 Å². The molecule has 0 radical (unpaired) electrons. The largest absolute Gasteiger partial charge is 0.491 e. The molecule has 0 unspecified atom stereocenters. The Balaban J connectivity index is 1.50. The van der Waals surface area contributed by atoms with Crippen molar-refractivity contribution in [3.05, 3.63) is 41.5 Å². The van der Waals surface area contributed by atoms with Gasteiger partial charge in [-0.05, 0) is 51.2 Å². The highest BCUT2D eigenvalue weighted by atomic mass is 19.3. The number of hydrogen-bond donors (Lipinski definition) is 0. The van der Waals surface area contributed by atoms with Crippen molar-refractivity contribution >= 4 is 0 Å². The van der Waals surface area contributed by atoms with Crippen molar-refractivity contribution in [2.24, 2.45) is 11.8 Å². The lowest BCUT2D eigenvalue weighted by atomic mass is 9.86. The Kier molecular flexibility index (Phi) is 8.90. The summed E-state index contributed by atoms with van der Waals surface area (Å²) < 4.78 is 90.8. The van der Waals surface area contributed by atoms with Crippen molar-refractivity contribution in [3.8, 4) is 5.75 Å². The molecule has 0 amide bonds. The van der Waals surface area contributed by atoms with Gasteiger partial charge in [-0.1, -0.05) is 12.2 Å². The van der Waals surface area contributed by atoms with Crippen LogP contribution in [0.4, 0.5) is 22.0 Å². The predicted molar refractivity (Wildman–Crippen MR) is 107 cm³/mol. The third-order valence-electron chi connectivity index (χ3n) is 5.71. The Morgan fingerprint density at radius 1 is 1.06 bits per heavy atom. The smallest absolute Gasteiger partial charge is 0.386 e. The van der Waals surface area contributed by atoms with Gasteiger partial charge in [-0.25, -0.2) is 4.39 Å². The van der Waals surface area contributed by atoms with Gasteiger partial charge in [-0.15, -0.1) is 0 Å². The first-order chi connectivity index (χ1) is 15.4. The van der Waals surface area contributed by atoms with E-state index in [0.29, 0.717) is 45.3 Å². The summed E-state index contributed by atoms with van der Waals surface area (Å²) in [6.07, 6.45) is 0.573. The molecule has 1 saturated heterocycles. The molecule has 1 aliphatic heterocycles. The van der Waals surface area contributed by atoms with Gasteiger partial charge >= 0.3 is 6.11 Å². The number of allylic oxidation sites excluding steroid dienone is 1. The van der Waals surface area contributed by atoms with Crippen molar-refractivity contribution in [1.82, 2.24) is 0 Å². The van der Waals surface area contributed by atoms with Crippen molar-refractivity contribution in [1.29, 1.82) is 0 Å². The molecule has 1 saturated carbocycles. The van der Waals surface area contributed by atoms with E-state index in [1.165, 1.54) is 0 Å². The molecule has 1 aromatic carbocycles.